The van der Waals surface area contributed by atoms with Crippen molar-refractivity contribution < 1.29 is 4.74 Å². The number of unbranched alkanes of at least 4 members (excludes halogenated alkanes) is 1. The van der Waals surface area contributed by atoms with Gasteiger partial charge >= 0.3 is 5.69 Å². The SMILES string of the molecule is CCCCNc1ncc2c(n1)n(Cc1ccc(OC)cc1)c(=O)n2CCCN1CCCC1. The Balaban J connectivity index is 1.62. The number of nitrogens with one attached hydrogen (secondary N) is 1. The average Bonchev–Trinajstić information content (AvgIpc) is 3.42. The van der Waals surface area contributed by atoms with E-state index in [4.69, 9.17) is 9.72 Å². The van der Waals surface area contributed by atoms with Gasteiger partial charge in [0.25, 0.3) is 0 Å². The Kier molecular flexibility index (Phi) is 7.42. The van der Waals surface area contributed by atoms with Crippen molar-refractivity contribution in [1.29, 1.82) is 0 Å². The molecule has 0 saturated carbocycles. The van der Waals surface area contributed by atoms with Crippen molar-refractivity contribution in [1.82, 2.24) is 24.0 Å². The average molecular weight is 439 g/mol. The molecular weight excluding hydrogens is 404 g/mol. The number of nitrogens with zero attached hydrogens (tertiary/aromatic N) is 5. The minimum Gasteiger partial charge on any atom is -0.497 e. The molecule has 3 heterocycles. The number of rotatable bonds is 11. The summed E-state index contributed by atoms with van der Waals surface area (Å²) < 4.78 is 8.86. The van der Waals surface area contributed by atoms with E-state index in [0.717, 1.165) is 49.2 Å². The third-order valence-corrected chi connectivity index (χ3v) is 6.13. The van der Waals surface area contributed by atoms with Gasteiger partial charge < -0.3 is 15.0 Å². The van der Waals surface area contributed by atoms with Gasteiger partial charge in [-0.25, -0.2) is 9.78 Å². The first kappa shape index (κ1) is 22.3. The van der Waals surface area contributed by atoms with Crippen LogP contribution in [0.15, 0.2) is 35.3 Å². The third-order valence-electron chi connectivity index (χ3n) is 6.13. The molecule has 1 aromatic carbocycles. The fourth-order valence-corrected chi connectivity index (χ4v) is 4.29. The summed E-state index contributed by atoms with van der Waals surface area (Å²) in [5.74, 6) is 1.37. The van der Waals surface area contributed by atoms with Crippen LogP contribution in [0, 0.1) is 0 Å². The summed E-state index contributed by atoms with van der Waals surface area (Å²) in [6, 6.07) is 7.82. The lowest BCUT2D eigenvalue weighted by Crippen LogP contribution is -2.27. The molecule has 0 unspecified atom stereocenters. The molecule has 0 aliphatic carbocycles. The van der Waals surface area contributed by atoms with Crippen LogP contribution in [0.5, 0.6) is 5.75 Å². The lowest BCUT2D eigenvalue weighted by Gasteiger charge is -2.14. The fourth-order valence-electron chi connectivity index (χ4n) is 4.29. The van der Waals surface area contributed by atoms with Gasteiger partial charge in [0.15, 0.2) is 5.65 Å². The van der Waals surface area contributed by atoms with Crippen LogP contribution in [-0.2, 0) is 13.1 Å². The van der Waals surface area contributed by atoms with Crippen LogP contribution in [0.3, 0.4) is 0 Å². The monoisotopic (exact) mass is 438 g/mol. The maximum atomic E-state index is 13.4. The second-order valence-corrected chi connectivity index (χ2v) is 8.45. The number of hydrogen-bond acceptors (Lipinski definition) is 6. The number of likely N-dealkylation sites (tertiary alicyclic amines) is 1. The predicted molar refractivity (Wildman–Crippen MR) is 128 cm³/mol. The molecule has 0 radical (unpaired) electrons. The van der Waals surface area contributed by atoms with E-state index in [9.17, 15) is 4.79 Å². The number of methoxy groups -OCH3 is 1. The van der Waals surface area contributed by atoms with Crippen LogP contribution < -0.4 is 15.7 Å². The summed E-state index contributed by atoms with van der Waals surface area (Å²) in [5, 5.41) is 3.28. The number of imidazole rings is 1. The Morgan fingerprint density at radius 3 is 2.56 bits per heavy atom. The van der Waals surface area contributed by atoms with Crippen LogP contribution >= 0.6 is 0 Å². The summed E-state index contributed by atoms with van der Waals surface area (Å²) in [4.78, 5) is 25.1. The second-order valence-electron chi connectivity index (χ2n) is 8.45. The molecule has 2 aromatic heterocycles. The predicted octanol–water partition coefficient (Wildman–Crippen LogP) is 3.35. The molecule has 0 atom stereocenters. The summed E-state index contributed by atoms with van der Waals surface area (Å²) in [7, 11) is 1.65. The number of anilines is 1. The van der Waals surface area contributed by atoms with Crippen molar-refractivity contribution in [2.24, 2.45) is 0 Å². The molecule has 8 heteroatoms. The van der Waals surface area contributed by atoms with Crippen molar-refractivity contribution in [3.05, 3.63) is 46.5 Å². The van der Waals surface area contributed by atoms with Crippen LogP contribution in [-0.4, -0.2) is 57.3 Å². The van der Waals surface area contributed by atoms with Crippen molar-refractivity contribution >= 4 is 17.1 Å². The lowest BCUT2D eigenvalue weighted by atomic mass is 10.2. The van der Waals surface area contributed by atoms with Crippen LogP contribution in [0.1, 0.15) is 44.6 Å². The van der Waals surface area contributed by atoms with E-state index in [1.165, 1.54) is 25.9 Å². The van der Waals surface area contributed by atoms with Gasteiger partial charge in [0.05, 0.1) is 19.9 Å². The van der Waals surface area contributed by atoms with Gasteiger partial charge in [-0.05, 0) is 63.0 Å². The molecule has 1 aliphatic rings. The van der Waals surface area contributed by atoms with E-state index in [0.29, 0.717) is 24.7 Å². The van der Waals surface area contributed by atoms with Gasteiger partial charge in [-0.2, -0.15) is 4.98 Å². The molecule has 1 saturated heterocycles. The number of fused-ring (bicyclic) bond motifs is 1. The number of ether oxygens (including phenoxy) is 1. The minimum atomic E-state index is -0.0303. The molecule has 0 amide bonds. The summed E-state index contributed by atoms with van der Waals surface area (Å²) in [6.45, 7) is 7.47. The topological polar surface area (TPSA) is 77.2 Å². The van der Waals surface area contributed by atoms with Crippen molar-refractivity contribution in [3.63, 3.8) is 0 Å². The Morgan fingerprint density at radius 1 is 1.06 bits per heavy atom. The van der Waals surface area contributed by atoms with Gasteiger partial charge in [-0.3, -0.25) is 9.13 Å². The maximum absolute atomic E-state index is 13.4. The first-order valence-electron chi connectivity index (χ1n) is 11.7. The summed E-state index contributed by atoms with van der Waals surface area (Å²) >= 11 is 0. The Bertz CT molecular complexity index is 1070. The highest BCUT2D eigenvalue weighted by Gasteiger charge is 2.17. The third kappa shape index (κ3) is 5.12. The van der Waals surface area contributed by atoms with Crippen LogP contribution in [0.25, 0.3) is 11.2 Å². The molecular formula is C24H34N6O2. The summed E-state index contributed by atoms with van der Waals surface area (Å²) in [6.07, 6.45) is 7.45. The molecule has 8 nitrogen and oxygen atoms in total. The number of benzene rings is 1. The zero-order valence-corrected chi connectivity index (χ0v) is 19.2. The van der Waals surface area contributed by atoms with Crippen molar-refractivity contribution in [2.45, 2.75) is 52.1 Å². The van der Waals surface area contributed by atoms with Gasteiger partial charge in [0, 0.05) is 13.1 Å². The van der Waals surface area contributed by atoms with E-state index < -0.39 is 0 Å². The molecule has 32 heavy (non-hydrogen) atoms. The second kappa shape index (κ2) is 10.6. The van der Waals surface area contributed by atoms with E-state index >= 15 is 0 Å². The zero-order chi connectivity index (χ0) is 22.3. The van der Waals surface area contributed by atoms with Crippen molar-refractivity contribution in [3.8, 4) is 5.75 Å². The Morgan fingerprint density at radius 2 is 1.84 bits per heavy atom. The van der Waals surface area contributed by atoms with E-state index in [-0.39, 0.29) is 5.69 Å². The van der Waals surface area contributed by atoms with Gasteiger partial charge in [-0.1, -0.05) is 25.5 Å². The minimum absolute atomic E-state index is 0.0303. The van der Waals surface area contributed by atoms with Crippen LogP contribution in [0.2, 0.25) is 0 Å². The number of hydrogen-bond donors (Lipinski definition) is 1. The highest BCUT2D eigenvalue weighted by atomic mass is 16.5. The van der Waals surface area contributed by atoms with Gasteiger partial charge in [0.2, 0.25) is 5.95 Å². The van der Waals surface area contributed by atoms with E-state index in [1.54, 1.807) is 17.9 Å². The normalized spacial score (nSPS) is 14.3. The van der Waals surface area contributed by atoms with E-state index in [2.05, 4.69) is 22.1 Å². The quantitative estimate of drug-likeness (QED) is 0.463. The smallest absolute Gasteiger partial charge is 0.330 e. The first-order chi connectivity index (χ1) is 15.7. The van der Waals surface area contributed by atoms with Gasteiger partial charge in [0.1, 0.15) is 11.3 Å². The highest BCUT2D eigenvalue weighted by Crippen LogP contribution is 2.17. The summed E-state index contributed by atoms with van der Waals surface area (Å²) in [5.41, 5.74) is 2.48. The van der Waals surface area contributed by atoms with Gasteiger partial charge in [-0.15, -0.1) is 0 Å². The molecule has 3 aromatic rings. The largest absolute Gasteiger partial charge is 0.497 e. The molecule has 4 rings (SSSR count). The van der Waals surface area contributed by atoms with Crippen molar-refractivity contribution in [2.75, 3.05) is 38.6 Å². The fraction of sp³-hybridized carbons (Fsp3) is 0.542. The standard InChI is InChI=1S/C24H34N6O2/c1-3-4-12-25-23-26-17-21-22(27-23)30(18-19-8-10-20(32-2)11-9-19)24(31)29(21)16-7-15-28-13-5-6-14-28/h8-11,17H,3-7,12-16,18H2,1-2H3,(H,25,26,27). The highest BCUT2D eigenvalue weighted by molar-refractivity contribution is 5.72. The zero-order valence-electron chi connectivity index (χ0n) is 19.2. The molecule has 1 N–H and O–H groups in total. The number of aryl methyl sites for hydroxylation is 1. The maximum Gasteiger partial charge on any atom is 0.330 e. The van der Waals surface area contributed by atoms with Crippen LogP contribution in [0.4, 0.5) is 5.95 Å². The lowest BCUT2D eigenvalue weighted by molar-refractivity contribution is 0.325. The molecule has 0 spiro atoms. The molecule has 1 aliphatic heterocycles. The Labute approximate surface area is 189 Å². The molecule has 1 fully saturated rings. The Hall–Kier alpha value is -2.87. The number of aromatic nitrogens is 4. The van der Waals surface area contributed by atoms with E-state index in [1.807, 2.05) is 28.8 Å². The first-order valence-corrected chi connectivity index (χ1v) is 11.7. The molecule has 172 valence electrons. The molecule has 0 bridgehead atoms.